The number of nitrogens with one attached hydrogen (secondary N) is 1. The number of hydrogen-bond donors (Lipinski definition) is 1. The summed E-state index contributed by atoms with van der Waals surface area (Å²) in [6.45, 7) is 2.13. The number of pyridine rings is 1. The number of anilines is 1. The number of nitrogens with zero attached hydrogens (tertiary/aromatic N) is 3. The van der Waals surface area contributed by atoms with Crippen LogP contribution in [-0.4, -0.2) is 22.2 Å². The summed E-state index contributed by atoms with van der Waals surface area (Å²) in [4.78, 5) is 4.51. The Balaban J connectivity index is 2.00. The molecule has 0 fully saturated rings. The summed E-state index contributed by atoms with van der Waals surface area (Å²) in [6.07, 6.45) is 3.64. The first-order chi connectivity index (χ1) is 10.3. The molecular weight excluding hydrogens is 260 g/mol. The third kappa shape index (κ3) is 2.70. The molecule has 4 nitrogen and oxygen atoms in total. The van der Waals surface area contributed by atoms with Gasteiger partial charge < -0.3 is 5.32 Å². The Hall–Kier alpha value is -2.49. The van der Waals surface area contributed by atoms with E-state index in [1.54, 1.807) is 0 Å². The first-order valence-electron chi connectivity index (χ1n) is 7.17. The molecule has 2 aromatic heterocycles. The summed E-state index contributed by atoms with van der Waals surface area (Å²) in [7, 11) is 1.86. The number of rotatable bonds is 4. The predicted octanol–water partition coefficient (Wildman–Crippen LogP) is 3.22. The van der Waals surface area contributed by atoms with Crippen LogP contribution in [0.25, 0.3) is 10.8 Å². The lowest BCUT2D eigenvalue weighted by atomic mass is 10.1. The zero-order valence-electron chi connectivity index (χ0n) is 12.3. The van der Waals surface area contributed by atoms with Crippen molar-refractivity contribution in [1.82, 2.24) is 15.2 Å². The minimum atomic E-state index is 0.696. The first kappa shape index (κ1) is 13.5. The van der Waals surface area contributed by atoms with Gasteiger partial charge in [-0.1, -0.05) is 37.3 Å². The van der Waals surface area contributed by atoms with Gasteiger partial charge in [-0.05, 0) is 18.1 Å². The normalized spacial score (nSPS) is 10.8. The first-order valence-corrected chi connectivity index (χ1v) is 7.17. The minimum absolute atomic E-state index is 0.696. The van der Waals surface area contributed by atoms with Crippen molar-refractivity contribution >= 4 is 16.6 Å². The van der Waals surface area contributed by atoms with Gasteiger partial charge in [0.1, 0.15) is 0 Å². The number of benzene rings is 1. The maximum atomic E-state index is 4.51. The highest BCUT2D eigenvalue weighted by Crippen LogP contribution is 2.23. The third-order valence-corrected chi connectivity index (χ3v) is 3.64. The molecule has 0 saturated heterocycles. The molecule has 0 amide bonds. The number of aromatic nitrogens is 3. The standard InChI is InChI=1S/C17H18N4/c1-3-12-8-9-13(19-11-12)10-16-14-6-4-5-7-15(14)17(18-2)21-20-16/h4-9,11H,3,10H2,1-2H3,(H,18,21). The molecule has 21 heavy (non-hydrogen) atoms. The topological polar surface area (TPSA) is 50.7 Å². The number of hydrogen-bond acceptors (Lipinski definition) is 4. The van der Waals surface area contributed by atoms with Crippen LogP contribution in [0.15, 0.2) is 42.6 Å². The highest BCUT2D eigenvalue weighted by Gasteiger charge is 2.09. The van der Waals surface area contributed by atoms with E-state index in [0.29, 0.717) is 6.42 Å². The van der Waals surface area contributed by atoms with E-state index in [2.05, 4.69) is 51.7 Å². The minimum Gasteiger partial charge on any atom is -0.371 e. The van der Waals surface area contributed by atoms with Crippen LogP contribution in [0.1, 0.15) is 23.9 Å². The molecule has 3 aromatic rings. The van der Waals surface area contributed by atoms with Crippen LogP contribution in [0, 0.1) is 0 Å². The van der Waals surface area contributed by atoms with E-state index in [-0.39, 0.29) is 0 Å². The van der Waals surface area contributed by atoms with Crippen molar-refractivity contribution in [2.75, 3.05) is 12.4 Å². The lowest BCUT2D eigenvalue weighted by Gasteiger charge is -2.08. The lowest BCUT2D eigenvalue weighted by molar-refractivity contribution is 0.933. The van der Waals surface area contributed by atoms with E-state index in [0.717, 1.165) is 34.4 Å². The number of aryl methyl sites for hydroxylation is 1. The second kappa shape index (κ2) is 5.87. The fourth-order valence-electron chi connectivity index (χ4n) is 2.41. The molecule has 4 heteroatoms. The average molecular weight is 278 g/mol. The molecule has 0 aliphatic carbocycles. The summed E-state index contributed by atoms with van der Waals surface area (Å²) >= 11 is 0. The van der Waals surface area contributed by atoms with E-state index in [1.165, 1.54) is 5.56 Å². The van der Waals surface area contributed by atoms with Gasteiger partial charge in [0.2, 0.25) is 0 Å². The van der Waals surface area contributed by atoms with Crippen molar-refractivity contribution in [3.05, 3.63) is 59.5 Å². The van der Waals surface area contributed by atoms with Crippen molar-refractivity contribution < 1.29 is 0 Å². The molecule has 1 N–H and O–H groups in total. The Kier molecular flexibility index (Phi) is 3.77. The smallest absolute Gasteiger partial charge is 0.156 e. The van der Waals surface area contributed by atoms with E-state index in [9.17, 15) is 0 Å². The molecule has 0 bridgehead atoms. The summed E-state index contributed by atoms with van der Waals surface area (Å²) in [5.74, 6) is 0.809. The van der Waals surface area contributed by atoms with E-state index in [4.69, 9.17) is 0 Å². The van der Waals surface area contributed by atoms with Crippen LogP contribution in [0.5, 0.6) is 0 Å². The molecule has 2 heterocycles. The largest absolute Gasteiger partial charge is 0.371 e. The van der Waals surface area contributed by atoms with Gasteiger partial charge in [-0.25, -0.2) is 0 Å². The monoisotopic (exact) mass is 278 g/mol. The SMILES string of the molecule is CCc1ccc(Cc2nnc(NC)c3ccccc23)nc1. The molecule has 3 rings (SSSR count). The van der Waals surface area contributed by atoms with Crippen molar-refractivity contribution in [1.29, 1.82) is 0 Å². The van der Waals surface area contributed by atoms with Crippen molar-refractivity contribution in [3.63, 3.8) is 0 Å². The maximum absolute atomic E-state index is 4.51. The van der Waals surface area contributed by atoms with Gasteiger partial charge in [0, 0.05) is 36.1 Å². The van der Waals surface area contributed by atoms with Gasteiger partial charge >= 0.3 is 0 Å². The van der Waals surface area contributed by atoms with Crippen molar-refractivity contribution in [3.8, 4) is 0 Å². The fraction of sp³-hybridized carbons (Fsp3) is 0.235. The molecule has 0 unspecified atom stereocenters. The number of fused-ring (bicyclic) bond motifs is 1. The molecule has 0 spiro atoms. The molecular formula is C17H18N4. The van der Waals surface area contributed by atoms with Crippen LogP contribution in [0.3, 0.4) is 0 Å². The second-order valence-corrected chi connectivity index (χ2v) is 4.98. The quantitative estimate of drug-likeness (QED) is 0.796. The van der Waals surface area contributed by atoms with E-state index >= 15 is 0 Å². The van der Waals surface area contributed by atoms with Gasteiger partial charge in [0.05, 0.1) is 5.69 Å². The molecule has 0 aliphatic rings. The van der Waals surface area contributed by atoms with Gasteiger partial charge in [-0.3, -0.25) is 4.98 Å². The summed E-state index contributed by atoms with van der Waals surface area (Å²) in [5, 5.41) is 13.9. The summed E-state index contributed by atoms with van der Waals surface area (Å²) in [5.41, 5.74) is 3.23. The van der Waals surface area contributed by atoms with Gasteiger partial charge in [0.25, 0.3) is 0 Å². The van der Waals surface area contributed by atoms with Crippen LogP contribution in [0.4, 0.5) is 5.82 Å². The third-order valence-electron chi connectivity index (χ3n) is 3.64. The van der Waals surface area contributed by atoms with Crippen molar-refractivity contribution in [2.24, 2.45) is 0 Å². The van der Waals surface area contributed by atoms with E-state index in [1.807, 2.05) is 25.4 Å². The fourth-order valence-corrected chi connectivity index (χ4v) is 2.41. The summed E-state index contributed by atoms with van der Waals surface area (Å²) < 4.78 is 0. The highest BCUT2D eigenvalue weighted by atomic mass is 15.2. The maximum Gasteiger partial charge on any atom is 0.156 e. The van der Waals surface area contributed by atoms with Gasteiger partial charge in [-0.15, -0.1) is 5.10 Å². The molecule has 0 saturated carbocycles. The zero-order valence-corrected chi connectivity index (χ0v) is 12.3. The predicted molar refractivity (Wildman–Crippen MR) is 85.5 cm³/mol. The van der Waals surface area contributed by atoms with Crippen LogP contribution >= 0.6 is 0 Å². The Labute approximate surface area is 124 Å². The second-order valence-electron chi connectivity index (χ2n) is 4.98. The molecule has 0 aliphatic heterocycles. The Morgan fingerprint density at radius 2 is 1.81 bits per heavy atom. The molecule has 1 aromatic carbocycles. The van der Waals surface area contributed by atoms with Crippen LogP contribution < -0.4 is 5.32 Å². The average Bonchev–Trinajstić information content (AvgIpc) is 2.56. The molecule has 0 radical (unpaired) electrons. The van der Waals surface area contributed by atoms with Gasteiger partial charge in [-0.2, -0.15) is 5.10 Å². The molecule has 0 atom stereocenters. The Bertz CT molecular complexity index is 750. The Morgan fingerprint density at radius 3 is 2.48 bits per heavy atom. The molecule has 106 valence electrons. The summed E-state index contributed by atoms with van der Waals surface area (Å²) in [6, 6.07) is 12.4. The zero-order chi connectivity index (χ0) is 14.7. The lowest BCUT2D eigenvalue weighted by Crippen LogP contribution is -2.02. The van der Waals surface area contributed by atoms with Crippen LogP contribution in [-0.2, 0) is 12.8 Å². The Morgan fingerprint density at radius 1 is 1.00 bits per heavy atom. The van der Waals surface area contributed by atoms with Crippen LogP contribution in [0.2, 0.25) is 0 Å². The van der Waals surface area contributed by atoms with E-state index < -0.39 is 0 Å². The highest BCUT2D eigenvalue weighted by molar-refractivity contribution is 5.93. The van der Waals surface area contributed by atoms with Gasteiger partial charge in [0.15, 0.2) is 5.82 Å². The van der Waals surface area contributed by atoms with Crippen molar-refractivity contribution in [2.45, 2.75) is 19.8 Å².